The fourth-order valence-corrected chi connectivity index (χ4v) is 3.25. The quantitative estimate of drug-likeness (QED) is 0.660. The minimum absolute atomic E-state index is 0.168. The molecule has 5 heteroatoms. The number of pyridine rings is 2. The van der Waals surface area contributed by atoms with Crippen LogP contribution in [0, 0.1) is 0 Å². The summed E-state index contributed by atoms with van der Waals surface area (Å²) in [6.45, 7) is 0. The van der Waals surface area contributed by atoms with Crippen molar-refractivity contribution in [3.8, 4) is 5.69 Å². The largest absolute Gasteiger partial charge is 0.298 e. The molecule has 0 atom stereocenters. The molecule has 4 nitrogen and oxygen atoms in total. The van der Waals surface area contributed by atoms with Crippen LogP contribution in [0.4, 0.5) is 0 Å². The second kappa shape index (κ2) is 5.42. The van der Waals surface area contributed by atoms with Crippen molar-refractivity contribution in [1.82, 2.24) is 9.55 Å². The molecule has 1 fully saturated rings. The van der Waals surface area contributed by atoms with Crippen LogP contribution in [0.5, 0.6) is 0 Å². The second-order valence-corrected chi connectivity index (χ2v) is 6.61. The first-order chi connectivity index (χ1) is 11.2. The Hall–Kier alpha value is -2.27. The first kappa shape index (κ1) is 14.3. The summed E-state index contributed by atoms with van der Waals surface area (Å²) >= 11 is 3.35. The molecular weight excluding hydrogens is 356 g/mol. The Morgan fingerprint density at radius 3 is 2.83 bits per heavy atom. The Morgan fingerprint density at radius 2 is 2.09 bits per heavy atom. The number of rotatable bonds is 3. The van der Waals surface area contributed by atoms with Crippen LogP contribution >= 0.6 is 15.9 Å². The number of hydrogen-bond donors (Lipinski definition) is 0. The van der Waals surface area contributed by atoms with Gasteiger partial charge in [-0.25, -0.2) is 0 Å². The highest BCUT2D eigenvalue weighted by molar-refractivity contribution is 9.10. The Balaban J connectivity index is 1.94. The Kier molecular flexibility index (Phi) is 3.38. The van der Waals surface area contributed by atoms with Crippen LogP contribution < -0.4 is 5.56 Å². The highest BCUT2D eigenvalue weighted by Crippen LogP contribution is 2.39. The molecule has 0 saturated heterocycles. The lowest BCUT2D eigenvalue weighted by Crippen LogP contribution is -2.19. The molecule has 2 heterocycles. The fourth-order valence-electron chi connectivity index (χ4n) is 2.80. The lowest BCUT2D eigenvalue weighted by molar-refractivity contribution is 0.112. The zero-order valence-electron chi connectivity index (χ0n) is 12.2. The van der Waals surface area contributed by atoms with Crippen molar-refractivity contribution in [2.24, 2.45) is 0 Å². The predicted octanol–water partition coefficient (Wildman–Crippen LogP) is 3.84. The fraction of sp³-hybridized carbons (Fsp3) is 0.167. The van der Waals surface area contributed by atoms with E-state index < -0.39 is 0 Å². The molecule has 1 saturated carbocycles. The minimum atomic E-state index is -0.168. The van der Waals surface area contributed by atoms with E-state index in [1.54, 1.807) is 30.6 Å². The van der Waals surface area contributed by atoms with E-state index in [9.17, 15) is 9.59 Å². The van der Waals surface area contributed by atoms with E-state index >= 15 is 0 Å². The van der Waals surface area contributed by atoms with Gasteiger partial charge < -0.3 is 0 Å². The third kappa shape index (κ3) is 2.41. The average Bonchev–Trinajstić information content (AvgIpc) is 3.40. The summed E-state index contributed by atoms with van der Waals surface area (Å²) in [4.78, 5) is 28.6. The van der Waals surface area contributed by atoms with Gasteiger partial charge in [-0.05, 0) is 58.4 Å². The van der Waals surface area contributed by atoms with Crippen LogP contribution in [0.15, 0.2) is 52.0 Å². The Bertz CT molecular complexity index is 990. The molecule has 1 aliphatic rings. The third-order valence-corrected chi connectivity index (χ3v) is 4.90. The molecular formula is C18H13BrN2O2. The number of nitrogens with zero attached hydrogens (tertiary/aromatic N) is 2. The smallest absolute Gasteiger partial charge is 0.264 e. The van der Waals surface area contributed by atoms with Crippen molar-refractivity contribution >= 4 is 33.0 Å². The summed E-state index contributed by atoms with van der Waals surface area (Å²) in [5, 5.41) is 1.46. The SMILES string of the molecule is O=Cc1c(Br)cccc1-n1ccc2cc(C3CC3)ncc2c1=O. The number of halogens is 1. The highest BCUT2D eigenvalue weighted by Gasteiger charge is 2.25. The molecule has 0 spiro atoms. The number of hydrogen-bond acceptors (Lipinski definition) is 3. The molecule has 0 N–H and O–H groups in total. The second-order valence-electron chi connectivity index (χ2n) is 5.75. The maximum absolute atomic E-state index is 12.8. The van der Waals surface area contributed by atoms with Gasteiger partial charge in [0.1, 0.15) is 0 Å². The van der Waals surface area contributed by atoms with Crippen LogP contribution in [0.2, 0.25) is 0 Å². The van der Waals surface area contributed by atoms with E-state index in [-0.39, 0.29) is 5.56 Å². The molecule has 1 aromatic carbocycles. The summed E-state index contributed by atoms with van der Waals surface area (Å²) in [7, 11) is 0. The van der Waals surface area contributed by atoms with Crippen LogP contribution in [-0.2, 0) is 0 Å². The molecule has 114 valence electrons. The summed E-state index contributed by atoms with van der Waals surface area (Å²) in [6.07, 6.45) is 6.48. The van der Waals surface area contributed by atoms with Gasteiger partial charge >= 0.3 is 0 Å². The zero-order valence-corrected chi connectivity index (χ0v) is 13.8. The first-order valence-corrected chi connectivity index (χ1v) is 8.23. The van der Waals surface area contributed by atoms with Crippen molar-refractivity contribution in [3.05, 3.63) is 68.8 Å². The molecule has 0 amide bonds. The van der Waals surface area contributed by atoms with Crippen molar-refractivity contribution in [2.75, 3.05) is 0 Å². The van der Waals surface area contributed by atoms with Gasteiger partial charge in [-0.15, -0.1) is 0 Å². The molecule has 1 aliphatic carbocycles. The number of aromatic nitrogens is 2. The average molecular weight is 369 g/mol. The topological polar surface area (TPSA) is 52.0 Å². The van der Waals surface area contributed by atoms with E-state index in [4.69, 9.17) is 0 Å². The molecule has 23 heavy (non-hydrogen) atoms. The number of aldehydes is 1. The first-order valence-electron chi connectivity index (χ1n) is 7.44. The third-order valence-electron chi connectivity index (χ3n) is 4.21. The van der Waals surface area contributed by atoms with E-state index in [1.807, 2.05) is 12.1 Å². The van der Waals surface area contributed by atoms with E-state index in [0.29, 0.717) is 27.0 Å². The number of carbonyl (C=O) groups excluding carboxylic acids is 1. The van der Waals surface area contributed by atoms with Crippen molar-refractivity contribution in [1.29, 1.82) is 0 Å². The maximum Gasteiger partial charge on any atom is 0.264 e. The van der Waals surface area contributed by atoms with Gasteiger partial charge in [-0.2, -0.15) is 0 Å². The molecule has 0 aliphatic heterocycles. The van der Waals surface area contributed by atoms with Gasteiger partial charge in [0.2, 0.25) is 0 Å². The lowest BCUT2D eigenvalue weighted by Gasteiger charge is -2.11. The normalized spacial score (nSPS) is 14.1. The summed E-state index contributed by atoms with van der Waals surface area (Å²) in [5.74, 6) is 0.550. The van der Waals surface area contributed by atoms with E-state index in [0.717, 1.165) is 17.4 Å². The Morgan fingerprint density at radius 1 is 1.26 bits per heavy atom. The van der Waals surface area contributed by atoms with Gasteiger partial charge in [-0.1, -0.05) is 6.07 Å². The lowest BCUT2D eigenvalue weighted by atomic mass is 10.1. The van der Waals surface area contributed by atoms with Crippen LogP contribution in [0.1, 0.15) is 34.8 Å². The number of benzene rings is 1. The van der Waals surface area contributed by atoms with Gasteiger partial charge in [-0.3, -0.25) is 19.1 Å². The van der Waals surface area contributed by atoms with Crippen LogP contribution in [-0.4, -0.2) is 15.8 Å². The monoisotopic (exact) mass is 368 g/mol. The molecule has 0 unspecified atom stereocenters. The summed E-state index contributed by atoms with van der Waals surface area (Å²) < 4.78 is 2.16. The summed E-state index contributed by atoms with van der Waals surface area (Å²) in [6, 6.07) is 9.24. The van der Waals surface area contributed by atoms with Crippen molar-refractivity contribution < 1.29 is 4.79 Å². The number of carbonyl (C=O) groups is 1. The summed E-state index contributed by atoms with van der Waals surface area (Å²) in [5.41, 5.74) is 1.91. The van der Waals surface area contributed by atoms with Crippen molar-refractivity contribution in [3.63, 3.8) is 0 Å². The maximum atomic E-state index is 12.8. The molecule has 4 rings (SSSR count). The standard InChI is InChI=1S/C18H13BrN2O2/c19-15-2-1-3-17(14(15)10-22)21-7-6-12-8-16(11-4-5-11)20-9-13(12)18(21)23/h1-3,6-11H,4-5H2. The molecule has 3 aromatic rings. The van der Waals surface area contributed by atoms with Crippen LogP contribution in [0.3, 0.4) is 0 Å². The predicted molar refractivity (Wildman–Crippen MR) is 92.4 cm³/mol. The van der Waals surface area contributed by atoms with E-state index in [2.05, 4.69) is 20.9 Å². The van der Waals surface area contributed by atoms with Gasteiger partial charge in [0.15, 0.2) is 6.29 Å². The Labute approximate surface area is 140 Å². The highest BCUT2D eigenvalue weighted by atomic mass is 79.9. The van der Waals surface area contributed by atoms with Gasteiger partial charge in [0.25, 0.3) is 5.56 Å². The molecule has 0 bridgehead atoms. The van der Waals surface area contributed by atoms with Crippen LogP contribution in [0.25, 0.3) is 16.5 Å². The van der Waals surface area contributed by atoms with Gasteiger partial charge in [0, 0.05) is 28.5 Å². The molecule has 0 radical (unpaired) electrons. The van der Waals surface area contributed by atoms with E-state index in [1.165, 1.54) is 17.4 Å². The van der Waals surface area contributed by atoms with Crippen molar-refractivity contribution in [2.45, 2.75) is 18.8 Å². The van der Waals surface area contributed by atoms with Gasteiger partial charge in [0.05, 0.1) is 16.6 Å². The minimum Gasteiger partial charge on any atom is -0.298 e. The number of fused-ring (bicyclic) bond motifs is 1. The zero-order chi connectivity index (χ0) is 16.0. The molecule has 2 aromatic heterocycles.